The van der Waals surface area contributed by atoms with Gasteiger partial charge in [0.2, 0.25) is 5.91 Å². The molecule has 1 amide bonds. The number of nitrogens with zero attached hydrogens (tertiary/aromatic N) is 1. The molecule has 0 bridgehead atoms. The molecule has 0 saturated carbocycles. The van der Waals surface area contributed by atoms with Gasteiger partial charge in [0, 0.05) is 6.92 Å². The Morgan fingerprint density at radius 1 is 1.44 bits per heavy atom. The number of hydrogen-bond acceptors (Lipinski definition) is 2. The lowest BCUT2D eigenvalue weighted by atomic mass is 10.0. The van der Waals surface area contributed by atoms with Gasteiger partial charge in [-0.25, -0.2) is 0 Å². The van der Waals surface area contributed by atoms with Crippen LogP contribution in [0.25, 0.3) is 0 Å². The lowest BCUT2D eigenvalue weighted by molar-refractivity contribution is -0.116. The van der Waals surface area contributed by atoms with E-state index < -0.39 is 0 Å². The fourth-order valence-electron chi connectivity index (χ4n) is 1.92. The van der Waals surface area contributed by atoms with Crippen LogP contribution in [-0.2, 0) is 4.79 Å². The summed E-state index contributed by atoms with van der Waals surface area (Å²) in [5, 5.41) is 0. The van der Waals surface area contributed by atoms with Crippen LogP contribution in [0.5, 0.6) is 5.75 Å². The summed E-state index contributed by atoms with van der Waals surface area (Å²) in [4.78, 5) is 13.2. The van der Waals surface area contributed by atoms with E-state index in [2.05, 4.69) is 19.9 Å². The van der Waals surface area contributed by atoms with Crippen molar-refractivity contribution in [3.05, 3.63) is 23.8 Å². The highest BCUT2D eigenvalue weighted by Crippen LogP contribution is 2.34. The van der Waals surface area contributed by atoms with E-state index in [1.165, 1.54) is 5.56 Å². The third-order valence-electron chi connectivity index (χ3n) is 2.89. The minimum absolute atomic E-state index is 0.0712. The van der Waals surface area contributed by atoms with E-state index in [4.69, 9.17) is 4.74 Å². The van der Waals surface area contributed by atoms with E-state index >= 15 is 0 Å². The molecule has 1 heterocycles. The van der Waals surface area contributed by atoms with Crippen LogP contribution >= 0.6 is 0 Å². The first kappa shape index (κ1) is 11.0. The average molecular weight is 219 g/mol. The van der Waals surface area contributed by atoms with Gasteiger partial charge in [-0.2, -0.15) is 0 Å². The minimum atomic E-state index is 0.0712. The quantitative estimate of drug-likeness (QED) is 0.726. The Balaban J connectivity index is 2.40. The van der Waals surface area contributed by atoms with Gasteiger partial charge in [-0.1, -0.05) is 19.9 Å². The second-order valence-electron chi connectivity index (χ2n) is 4.40. The van der Waals surface area contributed by atoms with Gasteiger partial charge in [-0.3, -0.25) is 4.79 Å². The molecule has 0 saturated heterocycles. The summed E-state index contributed by atoms with van der Waals surface area (Å²) >= 11 is 0. The second kappa shape index (κ2) is 4.16. The van der Waals surface area contributed by atoms with Crippen LogP contribution in [0.1, 0.15) is 32.3 Å². The summed E-state index contributed by atoms with van der Waals surface area (Å²) < 4.78 is 5.60. The normalized spacial score (nSPS) is 14.6. The highest BCUT2D eigenvalue weighted by Gasteiger charge is 2.21. The first-order chi connectivity index (χ1) is 7.59. The zero-order chi connectivity index (χ0) is 11.7. The molecular weight excluding hydrogens is 202 g/mol. The number of hydrogen-bond donors (Lipinski definition) is 0. The number of carbonyl (C=O) groups excluding carboxylic acids is 1. The molecule has 3 nitrogen and oxygen atoms in total. The van der Waals surface area contributed by atoms with Crippen molar-refractivity contribution in [2.45, 2.75) is 26.7 Å². The van der Waals surface area contributed by atoms with Gasteiger partial charge in [0.15, 0.2) is 0 Å². The topological polar surface area (TPSA) is 29.5 Å². The number of amides is 1. The summed E-state index contributed by atoms with van der Waals surface area (Å²) in [7, 11) is 0. The highest BCUT2D eigenvalue weighted by molar-refractivity contribution is 5.93. The predicted molar refractivity (Wildman–Crippen MR) is 64.1 cm³/mol. The molecule has 0 atom stereocenters. The van der Waals surface area contributed by atoms with Crippen molar-refractivity contribution in [3.8, 4) is 5.75 Å². The van der Waals surface area contributed by atoms with Gasteiger partial charge in [-0.05, 0) is 23.6 Å². The van der Waals surface area contributed by atoms with Crippen molar-refractivity contribution < 1.29 is 9.53 Å². The molecule has 0 unspecified atom stereocenters. The monoisotopic (exact) mass is 219 g/mol. The van der Waals surface area contributed by atoms with Crippen molar-refractivity contribution in [1.29, 1.82) is 0 Å². The number of anilines is 1. The van der Waals surface area contributed by atoms with Crippen LogP contribution < -0.4 is 9.64 Å². The van der Waals surface area contributed by atoms with Crippen LogP contribution in [0.15, 0.2) is 18.2 Å². The number of ether oxygens (including phenoxy) is 1. The number of benzene rings is 1. The molecule has 0 N–H and O–H groups in total. The summed E-state index contributed by atoms with van der Waals surface area (Å²) in [5.41, 5.74) is 2.13. The van der Waals surface area contributed by atoms with Gasteiger partial charge in [-0.15, -0.1) is 0 Å². The number of carbonyl (C=O) groups is 1. The molecule has 16 heavy (non-hydrogen) atoms. The summed E-state index contributed by atoms with van der Waals surface area (Å²) in [6.07, 6.45) is 0. The molecule has 0 fully saturated rings. The zero-order valence-electron chi connectivity index (χ0n) is 9.99. The van der Waals surface area contributed by atoms with Gasteiger partial charge < -0.3 is 9.64 Å². The van der Waals surface area contributed by atoms with Crippen molar-refractivity contribution >= 4 is 11.6 Å². The molecule has 1 aromatic rings. The molecule has 0 spiro atoms. The third-order valence-corrected chi connectivity index (χ3v) is 2.89. The predicted octanol–water partition coefficient (Wildman–Crippen LogP) is 2.56. The fraction of sp³-hybridized carbons (Fsp3) is 0.462. The zero-order valence-corrected chi connectivity index (χ0v) is 9.99. The SMILES string of the molecule is CC(=O)N1CCOc2cc(C(C)C)ccc21. The van der Waals surface area contributed by atoms with E-state index in [1.807, 2.05) is 12.1 Å². The lowest BCUT2D eigenvalue weighted by Gasteiger charge is -2.29. The fourth-order valence-corrected chi connectivity index (χ4v) is 1.92. The van der Waals surface area contributed by atoms with E-state index in [0.717, 1.165) is 11.4 Å². The summed E-state index contributed by atoms with van der Waals surface area (Å²) in [5.74, 6) is 1.37. The van der Waals surface area contributed by atoms with Crippen molar-refractivity contribution in [3.63, 3.8) is 0 Å². The molecule has 0 aromatic heterocycles. The van der Waals surface area contributed by atoms with E-state index in [0.29, 0.717) is 19.1 Å². The van der Waals surface area contributed by atoms with Crippen LogP contribution in [0, 0.1) is 0 Å². The average Bonchev–Trinajstić information content (AvgIpc) is 2.27. The van der Waals surface area contributed by atoms with E-state index in [9.17, 15) is 4.79 Å². The smallest absolute Gasteiger partial charge is 0.224 e. The molecule has 1 aromatic carbocycles. The molecule has 1 aliphatic heterocycles. The van der Waals surface area contributed by atoms with Gasteiger partial charge >= 0.3 is 0 Å². The van der Waals surface area contributed by atoms with Crippen molar-refractivity contribution in [1.82, 2.24) is 0 Å². The number of rotatable bonds is 1. The van der Waals surface area contributed by atoms with Crippen LogP contribution in [0.2, 0.25) is 0 Å². The standard InChI is InChI=1S/C13H17NO2/c1-9(2)11-4-5-12-13(8-11)16-7-6-14(12)10(3)15/h4-5,8-9H,6-7H2,1-3H3. The first-order valence-corrected chi connectivity index (χ1v) is 5.64. The Hall–Kier alpha value is -1.51. The molecule has 3 heteroatoms. The number of fused-ring (bicyclic) bond motifs is 1. The third kappa shape index (κ3) is 1.90. The molecular formula is C13H17NO2. The lowest BCUT2D eigenvalue weighted by Crippen LogP contribution is -2.36. The minimum Gasteiger partial charge on any atom is -0.490 e. The van der Waals surface area contributed by atoms with Crippen LogP contribution in [0.3, 0.4) is 0 Å². The Morgan fingerprint density at radius 2 is 2.19 bits per heavy atom. The van der Waals surface area contributed by atoms with Crippen molar-refractivity contribution in [2.24, 2.45) is 0 Å². The Kier molecular flexibility index (Phi) is 2.86. The maximum atomic E-state index is 11.5. The molecule has 0 radical (unpaired) electrons. The molecule has 1 aliphatic rings. The maximum Gasteiger partial charge on any atom is 0.224 e. The molecule has 86 valence electrons. The maximum absolute atomic E-state index is 11.5. The van der Waals surface area contributed by atoms with Gasteiger partial charge in [0.1, 0.15) is 12.4 Å². The molecule has 2 rings (SSSR count). The highest BCUT2D eigenvalue weighted by atomic mass is 16.5. The second-order valence-corrected chi connectivity index (χ2v) is 4.40. The Labute approximate surface area is 96.0 Å². The van der Waals surface area contributed by atoms with Crippen LogP contribution in [-0.4, -0.2) is 19.1 Å². The summed E-state index contributed by atoms with van der Waals surface area (Å²) in [6, 6.07) is 6.08. The first-order valence-electron chi connectivity index (χ1n) is 5.64. The summed E-state index contributed by atoms with van der Waals surface area (Å²) in [6.45, 7) is 7.10. The Bertz CT molecular complexity index is 412. The van der Waals surface area contributed by atoms with Gasteiger partial charge in [0.05, 0.1) is 12.2 Å². The van der Waals surface area contributed by atoms with Gasteiger partial charge in [0.25, 0.3) is 0 Å². The van der Waals surface area contributed by atoms with Crippen LogP contribution in [0.4, 0.5) is 5.69 Å². The van der Waals surface area contributed by atoms with E-state index in [1.54, 1.807) is 11.8 Å². The van der Waals surface area contributed by atoms with Crippen molar-refractivity contribution in [2.75, 3.05) is 18.1 Å². The van der Waals surface area contributed by atoms with E-state index in [-0.39, 0.29) is 5.91 Å². The molecule has 0 aliphatic carbocycles. The largest absolute Gasteiger partial charge is 0.490 e. The Morgan fingerprint density at radius 3 is 2.81 bits per heavy atom.